The summed E-state index contributed by atoms with van der Waals surface area (Å²) in [5.41, 5.74) is 2.62. The van der Waals surface area contributed by atoms with Gasteiger partial charge in [-0.2, -0.15) is 0 Å². The Labute approximate surface area is 146 Å². The van der Waals surface area contributed by atoms with Gasteiger partial charge in [-0.1, -0.05) is 12.1 Å². The molecule has 0 fully saturated rings. The number of carbonyl (C=O) groups is 1. The lowest BCUT2D eigenvalue weighted by atomic mass is 10.2. The van der Waals surface area contributed by atoms with Crippen LogP contribution in [0.5, 0.6) is 11.5 Å². The molecule has 1 aromatic heterocycles. The summed E-state index contributed by atoms with van der Waals surface area (Å²) in [4.78, 5) is 18.6. The second-order valence-corrected chi connectivity index (χ2v) is 5.86. The molecule has 1 heterocycles. The molecule has 0 aliphatic heterocycles. The van der Waals surface area contributed by atoms with Crippen LogP contribution in [0.4, 0.5) is 0 Å². The molecule has 0 unspecified atom stereocenters. The van der Waals surface area contributed by atoms with Crippen molar-refractivity contribution in [3.8, 4) is 22.9 Å². The monoisotopic (exact) mass is 390 g/mol. The quantitative estimate of drug-likeness (QED) is 0.667. The molecule has 0 aliphatic carbocycles. The van der Waals surface area contributed by atoms with E-state index >= 15 is 0 Å². The zero-order chi connectivity index (χ0) is 17.1. The summed E-state index contributed by atoms with van der Waals surface area (Å²) in [5, 5.41) is 8.80. The summed E-state index contributed by atoms with van der Waals surface area (Å²) in [5.74, 6) is 0.469. The molecular formula is C17H15BrN2O4. The van der Waals surface area contributed by atoms with Gasteiger partial charge in [0.25, 0.3) is 0 Å². The molecule has 3 aromatic rings. The Kier molecular flexibility index (Phi) is 4.71. The van der Waals surface area contributed by atoms with E-state index in [-0.39, 0.29) is 0 Å². The van der Waals surface area contributed by atoms with Crippen molar-refractivity contribution in [1.82, 2.24) is 9.97 Å². The molecule has 2 aromatic carbocycles. The number of nitrogens with zero attached hydrogens (tertiary/aromatic N) is 1. The van der Waals surface area contributed by atoms with Gasteiger partial charge in [0, 0.05) is 5.56 Å². The lowest BCUT2D eigenvalue weighted by Crippen LogP contribution is -2.10. The van der Waals surface area contributed by atoms with Gasteiger partial charge in [0.2, 0.25) is 0 Å². The summed E-state index contributed by atoms with van der Waals surface area (Å²) in [7, 11) is 0. The number of rotatable bonds is 6. The number of carboxylic acid groups (broad SMARTS) is 1. The fraction of sp³-hybridized carbons (Fsp3) is 0.176. The molecule has 0 spiro atoms. The molecule has 2 N–H and O–H groups in total. The number of H-pyrrole nitrogens is 1. The smallest absolute Gasteiger partial charge is 0.341 e. The van der Waals surface area contributed by atoms with Crippen molar-refractivity contribution < 1.29 is 19.4 Å². The van der Waals surface area contributed by atoms with Gasteiger partial charge in [0.05, 0.1) is 22.1 Å². The lowest BCUT2D eigenvalue weighted by molar-refractivity contribution is -0.139. The van der Waals surface area contributed by atoms with Crippen LogP contribution in [0.25, 0.3) is 22.4 Å². The Morgan fingerprint density at radius 2 is 2.08 bits per heavy atom. The van der Waals surface area contributed by atoms with Crippen LogP contribution in [0.3, 0.4) is 0 Å². The maximum absolute atomic E-state index is 10.7. The first-order valence-corrected chi connectivity index (χ1v) is 8.14. The minimum atomic E-state index is -1.05. The van der Waals surface area contributed by atoms with Gasteiger partial charge >= 0.3 is 5.97 Å². The van der Waals surface area contributed by atoms with E-state index in [0.717, 1.165) is 16.6 Å². The highest BCUT2D eigenvalue weighted by Gasteiger charge is 2.16. The second-order valence-electron chi connectivity index (χ2n) is 5.00. The van der Waals surface area contributed by atoms with Crippen LogP contribution >= 0.6 is 15.9 Å². The maximum Gasteiger partial charge on any atom is 0.341 e. The first kappa shape index (κ1) is 16.3. The highest BCUT2D eigenvalue weighted by atomic mass is 79.9. The molecule has 7 heteroatoms. The first-order valence-electron chi connectivity index (χ1n) is 7.34. The van der Waals surface area contributed by atoms with Gasteiger partial charge in [0.1, 0.15) is 5.82 Å². The number of aromatic amines is 1. The highest BCUT2D eigenvalue weighted by molar-refractivity contribution is 9.10. The van der Waals surface area contributed by atoms with Crippen LogP contribution in [0, 0.1) is 0 Å². The number of para-hydroxylation sites is 2. The minimum Gasteiger partial charge on any atom is -0.490 e. The predicted octanol–water partition coefficient (Wildman–Crippen LogP) is 3.85. The van der Waals surface area contributed by atoms with Crippen LogP contribution in [0.2, 0.25) is 0 Å². The molecule has 0 radical (unpaired) electrons. The molecule has 0 aliphatic rings. The van der Waals surface area contributed by atoms with E-state index in [1.54, 1.807) is 6.07 Å². The zero-order valence-corrected chi connectivity index (χ0v) is 14.5. The number of nitrogens with one attached hydrogen (secondary N) is 1. The summed E-state index contributed by atoms with van der Waals surface area (Å²) in [6.07, 6.45) is 0. The van der Waals surface area contributed by atoms with Gasteiger partial charge in [0.15, 0.2) is 18.1 Å². The molecule has 124 valence electrons. The molecule has 24 heavy (non-hydrogen) atoms. The van der Waals surface area contributed by atoms with E-state index in [4.69, 9.17) is 14.6 Å². The fourth-order valence-electron chi connectivity index (χ4n) is 2.33. The van der Waals surface area contributed by atoms with E-state index < -0.39 is 12.6 Å². The number of hydrogen-bond donors (Lipinski definition) is 2. The van der Waals surface area contributed by atoms with Crippen LogP contribution in [0.1, 0.15) is 6.92 Å². The number of aliphatic carboxylic acids is 1. The van der Waals surface area contributed by atoms with E-state index in [0.29, 0.717) is 28.4 Å². The van der Waals surface area contributed by atoms with Crippen molar-refractivity contribution in [2.75, 3.05) is 13.2 Å². The Morgan fingerprint density at radius 1 is 1.29 bits per heavy atom. The Hall–Kier alpha value is -2.54. The Balaban J connectivity index is 2.03. The van der Waals surface area contributed by atoms with Gasteiger partial charge in [-0.05, 0) is 47.1 Å². The lowest BCUT2D eigenvalue weighted by Gasteiger charge is -2.13. The number of ether oxygens (including phenoxy) is 2. The number of hydrogen-bond acceptors (Lipinski definition) is 4. The van der Waals surface area contributed by atoms with Crippen molar-refractivity contribution in [1.29, 1.82) is 0 Å². The predicted molar refractivity (Wildman–Crippen MR) is 93.5 cm³/mol. The van der Waals surface area contributed by atoms with Crippen molar-refractivity contribution >= 4 is 32.9 Å². The third kappa shape index (κ3) is 3.35. The minimum absolute atomic E-state index is 0.360. The Morgan fingerprint density at radius 3 is 2.79 bits per heavy atom. The van der Waals surface area contributed by atoms with E-state index in [1.807, 2.05) is 37.3 Å². The topological polar surface area (TPSA) is 84.4 Å². The zero-order valence-electron chi connectivity index (χ0n) is 12.9. The van der Waals surface area contributed by atoms with Crippen LogP contribution < -0.4 is 9.47 Å². The molecular weight excluding hydrogens is 376 g/mol. The van der Waals surface area contributed by atoms with Gasteiger partial charge in [-0.25, -0.2) is 9.78 Å². The second kappa shape index (κ2) is 6.92. The number of benzene rings is 2. The number of carboxylic acids is 1. The van der Waals surface area contributed by atoms with E-state index in [2.05, 4.69) is 25.9 Å². The van der Waals surface area contributed by atoms with Crippen LogP contribution in [0.15, 0.2) is 40.9 Å². The molecule has 3 rings (SSSR count). The Bertz CT molecular complexity index is 858. The summed E-state index contributed by atoms with van der Waals surface area (Å²) in [6.45, 7) is 1.84. The largest absolute Gasteiger partial charge is 0.490 e. The van der Waals surface area contributed by atoms with Gasteiger partial charge in [-0.3, -0.25) is 0 Å². The summed E-state index contributed by atoms with van der Waals surface area (Å²) >= 11 is 3.42. The number of halogens is 1. The van der Waals surface area contributed by atoms with Crippen molar-refractivity contribution in [2.45, 2.75) is 6.92 Å². The van der Waals surface area contributed by atoms with Crippen molar-refractivity contribution in [3.05, 3.63) is 40.9 Å². The SMILES string of the molecule is CCOc1cc(-c2nc3ccccc3[nH]2)cc(Br)c1OCC(=O)O. The van der Waals surface area contributed by atoms with Crippen molar-refractivity contribution in [2.24, 2.45) is 0 Å². The van der Waals surface area contributed by atoms with Gasteiger partial charge < -0.3 is 19.6 Å². The molecule has 0 atom stereocenters. The summed E-state index contributed by atoms with van der Waals surface area (Å²) < 4.78 is 11.5. The molecule has 0 saturated heterocycles. The molecule has 0 bridgehead atoms. The average Bonchev–Trinajstić information content (AvgIpc) is 2.98. The first-order chi connectivity index (χ1) is 11.6. The third-order valence-electron chi connectivity index (χ3n) is 3.31. The number of aromatic nitrogens is 2. The standard InChI is InChI=1S/C17H15BrN2O4/c1-2-23-14-8-10(7-11(18)16(14)24-9-15(21)22)17-19-12-5-3-4-6-13(12)20-17/h3-8H,2,9H2,1H3,(H,19,20)(H,21,22). The average molecular weight is 391 g/mol. The number of fused-ring (bicyclic) bond motifs is 1. The highest BCUT2D eigenvalue weighted by Crippen LogP contribution is 2.39. The maximum atomic E-state index is 10.7. The summed E-state index contributed by atoms with van der Waals surface area (Å²) in [6, 6.07) is 11.3. The fourth-order valence-corrected chi connectivity index (χ4v) is 2.89. The third-order valence-corrected chi connectivity index (χ3v) is 3.90. The molecule has 0 amide bonds. The van der Waals surface area contributed by atoms with Crippen LogP contribution in [-0.2, 0) is 4.79 Å². The van der Waals surface area contributed by atoms with Crippen LogP contribution in [-0.4, -0.2) is 34.3 Å². The van der Waals surface area contributed by atoms with E-state index in [1.165, 1.54) is 0 Å². The van der Waals surface area contributed by atoms with E-state index in [9.17, 15) is 4.79 Å². The normalized spacial score (nSPS) is 10.8. The molecule has 6 nitrogen and oxygen atoms in total. The molecule has 0 saturated carbocycles. The van der Waals surface area contributed by atoms with Gasteiger partial charge in [-0.15, -0.1) is 0 Å². The number of imidazole rings is 1. The van der Waals surface area contributed by atoms with Crippen molar-refractivity contribution in [3.63, 3.8) is 0 Å².